The summed E-state index contributed by atoms with van der Waals surface area (Å²) in [6, 6.07) is 16.6. The third-order valence-corrected chi connectivity index (χ3v) is 3.55. The van der Waals surface area contributed by atoms with Gasteiger partial charge in [-0.05, 0) is 30.3 Å². The molecule has 4 heteroatoms. The Bertz CT molecular complexity index is 830. The van der Waals surface area contributed by atoms with Gasteiger partial charge >= 0.3 is 0 Å². The Hall–Kier alpha value is -2.39. The molecule has 0 aliphatic carbocycles. The summed E-state index contributed by atoms with van der Waals surface area (Å²) in [7, 11) is 0. The number of Topliss-reactive ketones (excluding diaryl/α,β-unsaturated/α-hetero) is 1. The van der Waals surface area contributed by atoms with Gasteiger partial charge in [-0.2, -0.15) is 0 Å². The number of hydrogen-bond donors (Lipinski definition) is 1. The van der Waals surface area contributed by atoms with Crippen molar-refractivity contribution >= 4 is 34.0 Å². The number of rotatable bonds is 3. The van der Waals surface area contributed by atoms with Gasteiger partial charge in [-0.25, -0.2) is 0 Å². The number of carbonyl (C=O) groups is 1. The fourth-order valence-corrected chi connectivity index (χ4v) is 2.43. The Labute approximate surface area is 127 Å². The molecule has 1 aromatic heterocycles. The van der Waals surface area contributed by atoms with Crippen LogP contribution in [0.1, 0.15) is 16.1 Å². The summed E-state index contributed by atoms with van der Waals surface area (Å²) in [5.74, 6) is -0.0630. The molecular weight excluding hydrogens is 284 g/mol. The van der Waals surface area contributed by atoms with Crippen molar-refractivity contribution in [2.24, 2.45) is 0 Å². The highest BCUT2D eigenvalue weighted by Crippen LogP contribution is 2.20. The lowest BCUT2D eigenvalue weighted by Gasteiger charge is -2.06. The van der Waals surface area contributed by atoms with E-state index in [1.807, 2.05) is 36.4 Å². The maximum Gasteiger partial charge on any atom is 0.170 e. The normalized spacial score (nSPS) is 10.7. The molecule has 21 heavy (non-hydrogen) atoms. The lowest BCUT2D eigenvalue weighted by Crippen LogP contribution is -2.08. The molecule has 2 N–H and O–H groups in total. The molecule has 0 fully saturated rings. The molecule has 0 saturated heterocycles. The topological polar surface area (TPSA) is 56.0 Å². The highest BCUT2D eigenvalue weighted by Gasteiger charge is 2.12. The van der Waals surface area contributed by atoms with Crippen molar-refractivity contribution in [3.05, 3.63) is 70.9 Å². The van der Waals surface area contributed by atoms with E-state index in [0.717, 1.165) is 16.6 Å². The molecule has 104 valence electrons. The first-order chi connectivity index (χ1) is 10.1. The average Bonchev–Trinajstić information content (AvgIpc) is 2.47. The quantitative estimate of drug-likeness (QED) is 0.589. The maximum absolute atomic E-state index is 12.3. The van der Waals surface area contributed by atoms with Gasteiger partial charge < -0.3 is 5.73 Å². The van der Waals surface area contributed by atoms with Crippen molar-refractivity contribution in [1.82, 2.24) is 4.98 Å². The number of nitrogen functional groups attached to an aromatic ring is 1. The zero-order valence-electron chi connectivity index (χ0n) is 11.2. The van der Waals surface area contributed by atoms with Crippen molar-refractivity contribution in [2.75, 3.05) is 5.73 Å². The Kier molecular flexibility index (Phi) is 3.59. The largest absolute Gasteiger partial charge is 0.398 e. The summed E-state index contributed by atoms with van der Waals surface area (Å²) in [4.78, 5) is 16.8. The van der Waals surface area contributed by atoms with Gasteiger partial charge in [-0.3, -0.25) is 9.78 Å². The van der Waals surface area contributed by atoms with Crippen molar-refractivity contribution in [1.29, 1.82) is 0 Å². The van der Waals surface area contributed by atoms with E-state index in [-0.39, 0.29) is 12.2 Å². The summed E-state index contributed by atoms with van der Waals surface area (Å²) in [5.41, 5.74) is 8.33. The van der Waals surface area contributed by atoms with Crippen LogP contribution < -0.4 is 5.73 Å². The average molecular weight is 297 g/mol. The van der Waals surface area contributed by atoms with Crippen molar-refractivity contribution < 1.29 is 4.79 Å². The number of aromatic nitrogens is 1. The SMILES string of the molecule is Nc1cc(Cl)ccc1C(=O)Cc1ccc2ccccc2n1. The van der Waals surface area contributed by atoms with Crippen LogP contribution in [0, 0.1) is 0 Å². The van der Waals surface area contributed by atoms with Gasteiger partial charge in [-0.15, -0.1) is 0 Å². The molecule has 3 aromatic rings. The highest BCUT2D eigenvalue weighted by molar-refractivity contribution is 6.31. The van der Waals surface area contributed by atoms with Crippen molar-refractivity contribution in [2.45, 2.75) is 6.42 Å². The molecule has 0 saturated carbocycles. The molecule has 3 rings (SSSR count). The second kappa shape index (κ2) is 5.54. The van der Waals surface area contributed by atoms with Crippen molar-refractivity contribution in [3.8, 4) is 0 Å². The van der Waals surface area contributed by atoms with E-state index < -0.39 is 0 Å². The lowest BCUT2D eigenvalue weighted by molar-refractivity contribution is 0.0993. The van der Waals surface area contributed by atoms with E-state index in [0.29, 0.717) is 16.3 Å². The first kappa shape index (κ1) is 13.6. The zero-order valence-corrected chi connectivity index (χ0v) is 12.0. The van der Waals surface area contributed by atoms with Crippen LogP contribution in [0.15, 0.2) is 54.6 Å². The number of ketones is 1. The fourth-order valence-electron chi connectivity index (χ4n) is 2.25. The minimum Gasteiger partial charge on any atom is -0.398 e. The number of pyridine rings is 1. The standard InChI is InChI=1S/C17H13ClN2O/c18-12-6-8-14(15(19)9-12)17(21)10-13-7-5-11-3-1-2-4-16(11)20-13/h1-9H,10,19H2. The molecule has 3 nitrogen and oxygen atoms in total. The van der Waals surface area contributed by atoms with E-state index in [9.17, 15) is 4.79 Å². The number of halogens is 1. The van der Waals surface area contributed by atoms with Gasteiger partial charge in [0.2, 0.25) is 0 Å². The van der Waals surface area contributed by atoms with Gasteiger partial charge in [0.05, 0.1) is 11.9 Å². The van der Waals surface area contributed by atoms with E-state index >= 15 is 0 Å². The van der Waals surface area contributed by atoms with E-state index in [1.54, 1.807) is 18.2 Å². The van der Waals surface area contributed by atoms with Crippen LogP contribution in [-0.4, -0.2) is 10.8 Å². The summed E-state index contributed by atoms with van der Waals surface area (Å²) in [5, 5.41) is 1.58. The first-order valence-electron chi connectivity index (χ1n) is 6.56. The molecule has 0 spiro atoms. The molecule has 1 heterocycles. The molecule has 2 aromatic carbocycles. The third-order valence-electron chi connectivity index (χ3n) is 3.31. The first-order valence-corrected chi connectivity index (χ1v) is 6.94. The van der Waals surface area contributed by atoms with Crippen LogP contribution in [0.2, 0.25) is 5.02 Å². The Morgan fingerprint density at radius 1 is 1.10 bits per heavy atom. The summed E-state index contributed by atoms with van der Waals surface area (Å²) >= 11 is 5.84. The van der Waals surface area contributed by atoms with Crippen LogP contribution in [-0.2, 0) is 6.42 Å². The minimum atomic E-state index is -0.0630. The van der Waals surface area contributed by atoms with Crippen LogP contribution in [0.5, 0.6) is 0 Å². The van der Waals surface area contributed by atoms with E-state index in [1.165, 1.54) is 0 Å². The molecule has 0 amide bonds. The minimum absolute atomic E-state index is 0.0630. The molecular formula is C17H13ClN2O. The number of benzene rings is 2. The maximum atomic E-state index is 12.3. The van der Waals surface area contributed by atoms with Gasteiger partial charge in [0.1, 0.15) is 0 Å². The lowest BCUT2D eigenvalue weighted by atomic mass is 10.0. The van der Waals surface area contributed by atoms with Crippen LogP contribution >= 0.6 is 11.6 Å². The number of fused-ring (bicyclic) bond motifs is 1. The number of hydrogen-bond acceptors (Lipinski definition) is 3. The molecule has 0 unspecified atom stereocenters. The Morgan fingerprint density at radius 3 is 2.71 bits per heavy atom. The van der Waals surface area contributed by atoms with Crippen LogP contribution in [0.25, 0.3) is 10.9 Å². The van der Waals surface area contributed by atoms with Gasteiger partial charge in [0.15, 0.2) is 5.78 Å². The van der Waals surface area contributed by atoms with Gasteiger partial charge in [0.25, 0.3) is 0 Å². The number of nitrogens with zero attached hydrogens (tertiary/aromatic N) is 1. The Balaban J connectivity index is 1.89. The molecule has 0 aliphatic rings. The smallest absolute Gasteiger partial charge is 0.170 e. The van der Waals surface area contributed by atoms with E-state index in [2.05, 4.69) is 4.98 Å². The molecule has 0 aliphatic heterocycles. The Morgan fingerprint density at radius 2 is 1.90 bits per heavy atom. The third kappa shape index (κ3) is 2.88. The second-order valence-corrected chi connectivity index (χ2v) is 5.26. The van der Waals surface area contributed by atoms with Crippen LogP contribution in [0.3, 0.4) is 0 Å². The molecule has 0 radical (unpaired) electrons. The fraction of sp³-hybridized carbons (Fsp3) is 0.0588. The number of nitrogens with two attached hydrogens (primary N) is 1. The highest BCUT2D eigenvalue weighted by atomic mass is 35.5. The number of anilines is 1. The summed E-state index contributed by atoms with van der Waals surface area (Å²) in [6.07, 6.45) is 0.219. The summed E-state index contributed by atoms with van der Waals surface area (Å²) < 4.78 is 0. The molecule has 0 atom stereocenters. The van der Waals surface area contributed by atoms with E-state index in [4.69, 9.17) is 17.3 Å². The molecule has 0 bridgehead atoms. The van der Waals surface area contributed by atoms with Crippen LogP contribution in [0.4, 0.5) is 5.69 Å². The second-order valence-electron chi connectivity index (χ2n) is 4.83. The summed E-state index contributed by atoms with van der Waals surface area (Å²) in [6.45, 7) is 0. The number of carbonyl (C=O) groups excluding carboxylic acids is 1. The number of para-hydroxylation sites is 1. The van der Waals surface area contributed by atoms with Gasteiger partial charge in [-0.1, -0.05) is 35.9 Å². The zero-order chi connectivity index (χ0) is 14.8. The predicted molar refractivity (Wildman–Crippen MR) is 85.6 cm³/mol. The van der Waals surface area contributed by atoms with Gasteiger partial charge in [0, 0.05) is 27.4 Å². The monoisotopic (exact) mass is 296 g/mol. The predicted octanol–water partition coefficient (Wildman–Crippen LogP) is 3.90. The van der Waals surface area contributed by atoms with Crippen molar-refractivity contribution in [3.63, 3.8) is 0 Å².